The van der Waals surface area contributed by atoms with Gasteiger partial charge in [-0.05, 0) is 44.0 Å². The van der Waals surface area contributed by atoms with Crippen molar-refractivity contribution < 1.29 is 13.9 Å². The summed E-state index contributed by atoms with van der Waals surface area (Å²) < 4.78 is 19.6. The lowest BCUT2D eigenvalue weighted by Gasteiger charge is -2.13. The van der Waals surface area contributed by atoms with Gasteiger partial charge in [-0.15, -0.1) is 0 Å². The minimum atomic E-state index is -0.418. The number of carbonyl (C=O) groups excluding carboxylic acids is 1. The topological polar surface area (TPSA) is 79.0 Å². The number of H-pyrrole nitrogens is 1. The van der Waals surface area contributed by atoms with Crippen LogP contribution in [0, 0.1) is 12.7 Å². The number of carbonyl (C=O) groups is 1. The fourth-order valence-electron chi connectivity index (χ4n) is 2.49. The summed E-state index contributed by atoms with van der Waals surface area (Å²) in [6, 6.07) is 6.17. The van der Waals surface area contributed by atoms with Crippen molar-refractivity contribution in [2.45, 2.75) is 25.9 Å². The van der Waals surface area contributed by atoms with E-state index in [1.807, 2.05) is 0 Å². The Morgan fingerprint density at radius 3 is 3.00 bits per heavy atom. The van der Waals surface area contributed by atoms with E-state index in [1.54, 1.807) is 25.1 Å². The Balaban J connectivity index is 1.60. The van der Waals surface area contributed by atoms with Crippen LogP contribution in [-0.2, 0) is 4.74 Å². The van der Waals surface area contributed by atoms with Gasteiger partial charge in [0.15, 0.2) is 5.69 Å². The lowest BCUT2D eigenvalue weighted by molar-refractivity contribution is 0.102. The van der Waals surface area contributed by atoms with E-state index in [4.69, 9.17) is 4.74 Å². The third-order valence-corrected chi connectivity index (χ3v) is 3.71. The summed E-state index contributed by atoms with van der Waals surface area (Å²) >= 11 is 0. The zero-order valence-corrected chi connectivity index (χ0v) is 12.9. The summed E-state index contributed by atoms with van der Waals surface area (Å²) in [5.74, 6) is -0.798. The van der Waals surface area contributed by atoms with Gasteiger partial charge in [0.2, 0.25) is 0 Å². The second kappa shape index (κ2) is 6.78. The van der Waals surface area contributed by atoms with Crippen LogP contribution in [0.1, 0.15) is 29.0 Å². The molecule has 0 bridgehead atoms. The number of aromatic nitrogens is 2. The van der Waals surface area contributed by atoms with Crippen molar-refractivity contribution in [2.75, 3.05) is 23.8 Å². The lowest BCUT2D eigenvalue weighted by Crippen LogP contribution is -2.19. The number of nitrogens with one attached hydrogen (secondary N) is 3. The van der Waals surface area contributed by atoms with Gasteiger partial charge in [-0.3, -0.25) is 9.89 Å². The molecule has 23 heavy (non-hydrogen) atoms. The Bertz CT molecular complexity index is 695. The Labute approximate surface area is 133 Å². The van der Waals surface area contributed by atoms with Crippen LogP contribution in [-0.4, -0.2) is 35.4 Å². The first-order valence-electron chi connectivity index (χ1n) is 7.60. The summed E-state index contributed by atoms with van der Waals surface area (Å²) in [6.07, 6.45) is 2.18. The normalized spacial score (nSPS) is 17.2. The molecule has 0 unspecified atom stereocenters. The van der Waals surface area contributed by atoms with Crippen LogP contribution in [0.3, 0.4) is 0 Å². The van der Waals surface area contributed by atoms with Gasteiger partial charge in [-0.1, -0.05) is 0 Å². The van der Waals surface area contributed by atoms with E-state index in [0.717, 1.165) is 25.1 Å². The number of aryl methyl sites for hydroxylation is 1. The molecule has 1 aromatic heterocycles. The number of amides is 1. The van der Waals surface area contributed by atoms with Gasteiger partial charge in [0, 0.05) is 24.5 Å². The Morgan fingerprint density at radius 2 is 2.35 bits per heavy atom. The molecule has 0 radical (unpaired) electrons. The van der Waals surface area contributed by atoms with Gasteiger partial charge in [0.05, 0.1) is 11.8 Å². The van der Waals surface area contributed by atoms with E-state index in [-0.39, 0.29) is 17.7 Å². The average Bonchev–Trinajstić information content (AvgIpc) is 3.18. The quantitative estimate of drug-likeness (QED) is 0.792. The Morgan fingerprint density at radius 1 is 1.48 bits per heavy atom. The molecule has 0 spiro atoms. The van der Waals surface area contributed by atoms with Crippen LogP contribution in [0.25, 0.3) is 0 Å². The van der Waals surface area contributed by atoms with Crippen molar-refractivity contribution in [3.8, 4) is 0 Å². The highest BCUT2D eigenvalue weighted by molar-refractivity contribution is 6.02. The molecule has 1 fully saturated rings. The van der Waals surface area contributed by atoms with E-state index < -0.39 is 5.82 Å². The maximum Gasteiger partial charge on any atom is 0.276 e. The molecule has 1 atom stereocenters. The van der Waals surface area contributed by atoms with Crippen LogP contribution >= 0.6 is 0 Å². The number of ether oxygens (including phenoxy) is 1. The van der Waals surface area contributed by atoms with Crippen molar-refractivity contribution in [1.29, 1.82) is 0 Å². The van der Waals surface area contributed by atoms with Gasteiger partial charge in [0.25, 0.3) is 5.91 Å². The number of benzene rings is 1. The molecule has 6 nitrogen and oxygen atoms in total. The third-order valence-electron chi connectivity index (χ3n) is 3.71. The predicted octanol–water partition coefficient (Wildman–Crippen LogP) is 2.70. The number of halogens is 1. The van der Waals surface area contributed by atoms with Gasteiger partial charge in [0.1, 0.15) is 5.82 Å². The molecule has 2 aromatic rings. The molecular formula is C16H19FN4O2. The van der Waals surface area contributed by atoms with Gasteiger partial charge in [-0.25, -0.2) is 4.39 Å². The first-order chi connectivity index (χ1) is 11.1. The SMILES string of the molecule is Cc1cc(C(=O)Nc2ccc(NC[C@H]3CCCO3)c(F)c2)n[nH]1. The molecule has 1 aliphatic rings. The standard InChI is InChI=1S/C16H19FN4O2/c1-10-7-15(21-20-10)16(22)19-11-4-5-14(13(17)8-11)18-9-12-3-2-6-23-12/h4-5,7-8,12,18H,2-3,6,9H2,1H3,(H,19,22)(H,20,21)/t12-/m1/s1. The molecule has 1 aromatic carbocycles. The molecule has 2 heterocycles. The fourth-order valence-corrected chi connectivity index (χ4v) is 2.49. The number of rotatable bonds is 5. The number of hydrogen-bond acceptors (Lipinski definition) is 4. The molecule has 1 saturated heterocycles. The zero-order chi connectivity index (χ0) is 16.2. The first kappa shape index (κ1) is 15.5. The predicted molar refractivity (Wildman–Crippen MR) is 85.1 cm³/mol. The van der Waals surface area contributed by atoms with Crippen LogP contribution in [0.5, 0.6) is 0 Å². The number of nitrogens with zero attached hydrogens (tertiary/aromatic N) is 1. The fraction of sp³-hybridized carbons (Fsp3) is 0.375. The van der Waals surface area contributed by atoms with E-state index in [9.17, 15) is 9.18 Å². The second-order valence-electron chi connectivity index (χ2n) is 5.60. The average molecular weight is 318 g/mol. The molecule has 0 aliphatic carbocycles. The second-order valence-corrected chi connectivity index (χ2v) is 5.60. The summed E-state index contributed by atoms with van der Waals surface area (Å²) in [5.41, 5.74) is 1.84. The molecule has 1 aliphatic heterocycles. The summed E-state index contributed by atoms with van der Waals surface area (Å²) in [6.45, 7) is 3.15. The molecular weight excluding hydrogens is 299 g/mol. The minimum Gasteiger partial charge on any atom is -0.380 e. The number of anilines is 2. The monoisotopic (exact) mass is 318 g/mol. The lowest BCUT2D eigenvalue weighted by atomic mass is 10.2. The van der Waals surface area contributed by atoms with Crippen molar-refractivity contribution in [1.82, 2.24) is 10.2 Å². The third kappa shape index (κ3) is 3.87. The van der Waals surface area contributed by atoms with E-state index in [2.05, 4.69) is 20.8 Å². The Hall–Kier alpha value is -2.41. The van der Waals surface area contributed by atoms with Crippen molar-refractivity contribution in [3.63, 3.8) is 0 Å². The number of hydrogen-bond donors (Lipinski definition) is 3. The van der Waals surface area contributed by atoms with Crippen molar-refractivity contribution in [3.05, 3.63) is 41.5 Å². The van der Waals surface area contributed by atoms with E-state index in [0.29, 0.717) is 17.9 Å². The summed E-state index contributed by atoms with van der Waals surface area (Å²) in [7, 11) is 0. The van der Waals surface area contributed by atoms with Crippen LogP contribution in [0.2, 0.25) is 0 Å². The summed E-state index contributed by atoms with van der Waals surface area (Å²) in [5, 5.41) is 12.2. The van der Waals surface area contributed by atoms with Gasteiger partial charge in [-0.2, -0.15) is 5.10 Å². The zero-order valence-electron chi connectivity index (χ0n) is 12.9. The summed E-state index contributed by atoms with van der Waals surface area (Å²) in [4.78, 5) is 12.0. The van der Waals surface area contributed by atoms with Crippen LogP contribution in [0.4, 0.5) is 15.8 Å². The minimum absolute atomic E-state index is 0.136. The largest absolute Gasteiger partial charge is 0.380 e. The number of aromatic amines is 1. The molecule has 1 amide bonds. The molecule has 7 heteroatoms. The highest BCUT2D eigenvalue weighted by Gasteiger charge is 2.16. The smallest absolute Gasteiger partial charge is 0.276 e. The molecule has 122 valence electrons. The maximum absolute atomic E-state index is 14.1. The van der Waals surface area contributed by atoms with E-state index >= 15 is 0 Å². The molecule has 0 saturated carbocycles. The first-order valence-corrected chi connectivity index (χ1v) is 7.60. The highest BCUT2D eigenvalue weighted by atomic mass is 19.1. The van der Waals surface area contributed by atoms with Gasteiger partial charge < -0.3 is 15.4 Å². The van der Waals surface area contributed by atoms with Gasteiger partial charge >= 0.3 is 0 Å². The molecule has 3 rings (SSSR count). The van der Waals surface area contributed by atoms with Crippen LogP contribution < -0.4 is 10.6 Å². The Kier molecular flexibility index (Phi) is 4.57. The van der Waals surface area contributed by atoms with Crippen molar-refractivity contribution >= 4 is 17.3 Å². The van der Waals surface area contributed by atoms with E-state index in [1.165, 1.54) is 6.07 Å². The van der Waals surface area contributed by atoms with Crippen molar-refractivity contribution in [2.24, 2.45) is 0 Å². The highest BCUT2D eigenvalue weighted by Crippen LogP contribution is 2.21. The molecule has 3 N–H and O–H groups in total. The van der Waals surface area contributed by atoms with Crippen LogP contribution in [0.15, 0.2) is 24.3 Å². The maximum atomic E-state index is 14.1.